The summed E-state index contributed by atoms with van der Waals surface area (Å²) in [4.78, 5) is 14.1. The highest BCUT2D eigenvalue weighted by Gasteiger charge is 2.20. The van der Waals surface area contributed by atoms with E-state index in [1.165, 1.54) is 12.1 Å². The summed E-state index contributed by atoms with van der Waals surface area (Å²) >= 11 is 0. The van der Waals surface area contributed by atoms with Crippen molar-refractivity contribution >= 4 is 5.91 Å². The Labute approximate surface area is 149 Å². The number of piperidine rings is 1. The Morgan fingerprint density at radius 1 is 1.24 bits per heavy atom. The van der Waals surface area contributed by atoms with Gasteiger partial charge in [0.1, 0.15) is 11.6 Å². The molecule has 1 N–H and O–H groups in total. The first-order chi connectivity index (χ1) is 12.0. The maximum atomic E-state index is 13.3. The van der Waals surface area contributed by atoms with Gasteiger partial charge in [0.25, 0.3) is 0 Å². The molecule has 1 unspecified atom stereocenters. The van der Waals surface area contributed by atoms with E-state index in [4.69, 9.17) is 0 Å². The molecule has 1 aliphatic heterocycles. The second-order valence-corrected chi connectivity index (χ2v) is 7.35. The second kappa shape index (κ2) is 9.85. The number of carbonyl (C=O) groups is 1. The number of halogens is 2. The molecule has 0 bridgehead atoms. The van der Waals surface area contributed by atoms with Gasteiger partial charge in [-0.3, -0.25) is 9.69 Å². The molecule has 0 aliphatic carbocycles. The third-order valence-electron chi connectivity index (χ3n) is 5.18. The van der Waals surface area contributed by atoms with E-state index in [0.29, 0.717) is 30.4 Å². The maximum Gasteiger partial charge on any atom is 0.220 e. The van der Waals surface area contributed by atoms with Crippen molar-refractivity contribution < 1.29 is 13.6 Å². The molecule has 1 heterocycles. The largest absolute Gasteiger partial charge is 0.356 e. The molecule has 1 amide bonds. The van der Waals surface area contributed by atoms with Crippen LogP contribution >= 0.6 is 0 Å². The second-order valence-electron chi connectivity index (χ2n) is 7.35. The molecule has 5 heteroatoms. The molecular formula is C20H30F2N2O. The van der Waals surface area contributed by atoms with Crippen molar-refractivity contribution in [3.8, 4) is 0 Å². The predicted molar refractivity (Wildman–Crippen MR) is 96.1 cm³/mol. The lowest BCUT2D eigenvalue weighted by atomic mass is 9.96. The standard InChI is InChI=1S/C20H30F2N2O/c1-3-15(2)4-5-20(25)23-13-16-6-8-24(9-7-16)14-17-10-18(21)12-19(22)11-17/h10-12,15-16H,3-9,13-14H2,1-2H3,(H,23,25). The van der Waals surface area contributed by atoms with Crippen molar-refractivity contribution in [2.45, 2.75) is 52.5 Å². The van der Waals surface area contributed by atoms with Crippen LogP contribution < -0.4 is 5.32 Å². The van der Waals surface area contributed by atoms with Crippen LogP contribution in [0.25, 0.3) is 0 Å². The molecule has 0 spiro atoms. The van der Waals surface area contributed by atoms with E-state index in [1.807, 2.05) is 0 Å². The van der Waals surface area contributed by atoms with Gasteiger partial charge < -0.3 is 5.32 Å². The summed E-state index contributed by atoms with van der Waals surface area (Å²) in [6.07, 6.45) is 4.68. The van der Waals surface area contributed by atoms with Gasteiger partial charge in [-0.2, -0.15) is 0 Å². The third kappa shape index (κ3) is 7.10. The number of hydrogen-bond donors (Lipinski definition) is 1. The van der Waals surface area contributed by atoms with Gasteiger partial charge in [0, 0.05) is 25.6 Å². The van der Waals surface area contributed by atoms with Crippen LogP contribution in [-0.4, -0.2) is 30.4 Å². The summed E-state index contributed by atoms with van der Waals surface area (Å²) in [5, 5.41) is 3.05. The van der Waals surface area contributed by atoms with Gasteiger partial charge in [-0.1, -0.05) is 20.3 Å². The molecule has 1 saturated heterocycles. The first-order valence-electron chi connectivity index (χ1n) is 9.40. The Balaban J connectivity index is 1.66. The molecule has 1 aliphatic rings. The predicted octanol–water partition coefficient (Wildman–Crippen LogP) is 4.12. The monoisotopic (exact) mass is 352 g/mol. The molecule has 1 aromatic carbocycles. The Morgan fingerprint density at radius 3 is 2.48 bits per heavy atom. The van der Waals surface area contributed by atoms with Crippen molar-refractivity contribution in [1.82, 2.24) is 10.2 Å². The van der Waals surface area contributed by atoms with Crippen LogP contribution in [0.5, 0.6) is 0 Å². The minimum Gasteiger partial charge on any atom is -0.356 e. The lowest BCUT2D eigenvalue weighted by molar-refractivity contribution is -0.121. The minimum atomic E-state index is -0.523. The van der Waals surface area contributed by atoms with Gasteiger partial charge in [0.2, 0.25) is 5.91 Å². The van der Waals surface area contributed by atoms with Crippen molar-refractivity contribution in [2.24, 2.45) is 11.8 Å². The van der Waals surface area contributed by atoms with E-state index in [0.717, 1.165) is 51.4 Å². The summed E-state index contributed by atoms with van der Waals surface area (Å²) in [6.45, 7) is 7.42. The molecule has 1 aromatic rings. The topological polar surface area (TPSA) is 32.3 Å². The lowest BCUT2D eigenvalue weighted by Gasteiger charge is -2.32. The Bertz CT molecular complexity index is 536. The highest BCUT2D eigenvalue weighted by molar-refractivity contribution is 5.75. The van der Waals surface area contributed by atoms with Crippen LogP contribution in [0.4, 0.5) is 8.78 Å². The number of likely N-dealkylation sites (tertiary alicyclic amines) is 1. The van der Waals surface area contributed by atoms with Crippen LogP contribution in [0.2, 0.25) is 0 Å². The van der Waals surface area contributed by atoms with E-state index < -0.39 is 11.6 Å². The van der Waals surface area contributed by atoms with Crippen LogP contribution in [0, 0.1) is 23.5 Å². The first kappa shape index (κ1) is 19.8. The molecule has 3 nitrogen and oxygen atoms in total. The van der Waals surface area contributed by atoms with Crippen molar-refractivity contribution in [3.63, 3.8) is 0 Å². The third-order valence-corrected chi connectivity index (χ3v) is 5.18. The Hall–Kier alpha value is -1.49. The molecule has 0 aromatic heterocycles. The summed E-state index contributed by atoms with van der Waals surface area (Å²) in [5.74, 6) is 0.197. The normalized spacial score (nSPS) is 17.4. The number of carbonyl (C=O) groups excluding carboxylic acids is 1. The van der Waals surface area contributed by atoms with Crippen LogP contribution in [-0.2, 0) is 11.3 Å². The molecule has 0 saturated carbocycles. The van der Waals surface area contributed by atoms with Gasteiger partial charge in [-0.15, -0.1) is 0 Å². The molecule has 25 heavy (non-hydrogen) atoms. The quantitative estimate of drug-likeness (QED) is 0.763. The summed E-state index contributed by atoms with van der Waals surface area (Å²) in [5.41, 5.74) is 0.675. The number of amides is 1. The molecule has 0 radical (unpaired) electrons. The van der Waals surface area contributed by atoms with Crippen molar-refractivity contribution in [3.05, 3.63) is 35.4 Å². The number of hydrogen-bond acceptors (Lipinski definition) is 2. The zero-order chi connectivity index (χ0) is 18.2. The fraction of sp³-hybridized carbons (Fsp3) is 0.650. The number of nitrogens with zero attached hydrogens (tertiary/aromatic N) is 1. The van der Waals surface area contributed by atoms with Crippen molar-refractivity contribution in [1.29, 1.82) is 0 Å². The SMILES string of the molecule is CCC(C)CCC(=O)NCC1CCN(Cc2cc(F)cc(F)c2)CC1. The molecule has 140 valence electrons. The molecule has 1 fully saturated rings. The van der Waals surface area contributed by atoms with E-state index in [1.54, 1.807) is 0 Å². The van der Waals surface area contributed by atoms with Gasteiger partial charge in [0.15, 0.2) is 0 Å². The van der Waals surface area contributed by atoms with E-state index in [2.05, 4.69) is 24.1 Å². The number of benzene rings is 1. The molecular weight excluding hydrogens is 322 g/mol. The number of nitrogens with one attached hydrogen (secondary N) is 1. The highest BCUT2D eigenvalue weighted by atomic mass is 19.1. The Morgan fingerprint density at radius 2 is 1.88 bits per heavy atom. The highest BCUT2D eigenvalue weighted by Crippen LogP contribution is 2.19. The van der Waals surface area contributed by atoms with Crippen LogP contribution in [0.1, 0.15) is 51.5 Å². The summed E-state index contributed by atoms with van der Waals surface area (Å²) in [7, 11) is 0. The van der Waals surface area contributed by atoms with E-state index >= 15 is 0 Å². The Kier molecular flexibility index (Phi) is 7.82. The van der Waals surface area contributed by atoms with Gasteiger partial charge in [0.05, 0.1) is 0 Å². The van der Waals surface area contributed by atoms with Crippen LogP contribution in [0.15, 0.2) is 18.2 Å². The molecule has 1 atom stereocenters. The van der Waals surface area contributed by atoms with E-state index in [-0.39, 0.29) is 5.91 Å². The van der Waals surface area contributed by atoms with Gasteiger partial charge in [-0.25, -0.2) is 8.78 Å². The van der Waals surface area contributed by atoms with Crippen molar-refractivity contribution in [2.75, 3.05) is 19.6 Å². The minimum absolute atomic E-state index is 0.151. The fourth-order valence-corrected chi connectivity index (χ4v) is 3.24. The average molecular weight is 352 g/mol. The fourth-order valence-electron chi connectivity index (χ4n) is 3.24. The zero-order valence-electron chi connectivity index (χ0n) is 15.4. The van der Waals surface area contributed by atoms with E-state index in [9.17, 15) is 13.6 Å². The number of rotatable bonds is 8. The smallest absolute Gasteiger partial charge is 0.220 e. The van der Waals surface area contributed by atoms with Gasteiger partial charge >= 0.3 is 0 Å². The zero-order valence-corrected chi connectivity index (χ0v) is 15.4. The maximum absolute atomic E-state index is 13.3. The molecule has 2 rings (SSSR count). The van der Waals surface area contributed by atoms with Crippen LogP contribution in [0.3, 0.4) is 0 Å². The lowest BCUT2D eigenvalue weighted by Crippen LogP contribution is -2.38. The average Bonchev–Trinajstić information content (AvgIpc) is 2.58. The first-order valence-corrected chi connectivity index (χ1v) is 9.40. The summed E-state index contributed by atoms with van der Waals surface area (Å²) < 4.78 is 26.5. The summed E-state index contributed by atoms with van der Waals surface area (Å²) in [6, 6.07) is 3.69. The van der Waals surface area contributed by atoms with Gasteiger partial charge in [-0.05, 0) is 61.9 Å².